The fraction of sp³-hybridized carbons (Fsp3) is 0.333. The van der Waals surface area contributed by atoms with Crippen LogP contribution in [0.25, 0.3) is 0 Å². The maximum absolute atomic E-state index is 12.9. The van der Waals surface area contributed by atoms with E-state index < -0.39 is 0 Å². The molecule has 0 fully saturated rings. The number of rotatable bonds is 2. The molecule has 1 nitrogen and oxygen atoms in total. The molecule has 1 aromatic carbocycles. The highest BCUT2D eigenvalue weighted by molar-refractivity contribution is 5.20. The van der Waals surface area contributed by atoms with Gasteiger partial charge in [0.2, 0.25) is 0 Å². The Bertz CT molecular complexity index is 235. The second-order valence-electron chi connectivity index (χ2n) is 2.61. The first-order chi connectivity index (χ1) is 5.25. The first-order valence-electron chi connectivity index (χ1n) is 3.61. The molecule has 11 heavy (non-hydrogen) atoms. The van der Waals surface area contributed by atoms with Gasteiger partial charge in [-0.3, -0.25) is 0 Å². The third-order valence-electron chi connectivity index (χ3n) is 1.71. The van der Waals surface area contributed by atoms with Gasteiger partial charge in [0, 0.05) is 12.5 Å². The molecule has 1 atom stereocenters. The number of aliphatic hydroxyl groups is 1. The lowest BCUT2D eigenvalue weighted by atomic mass is 10.0. The zero-order valence-corrected chi connectivity index (χ0v) is 6.42. The second kappa shape index (κ2) is 3.49. The van der Waals surface area contributed by atoms with Crippen LogP contribution >= 0.6 is 0 Å². The van der Waals surface area contributed by atoms with Crippen LogP contribution < -0.4 is 0 Å². The van der Waals surface area contributed by atoms with Gasteiger partial charge < -0.3 is 5.11 Å². The van der Waals surface area contributed by atoms with E-state index in [1.807, 2.05) is 0 Å². The van der Waals surface area contributed by atoms with Crippen LogP contribution in [-0.4, -0.2) is 11.7 Å². The molecule has 0 unspecified atom stereocenters. The maximum atomic E-state index is 12.9. The average molecular weight is 154 g/mol. The van der Waals surface area contributed by atoms with Crippen molar-refractivity contribution in [3.8, 4) is 0 Å². The summed E-state index contributed by atoms with van der Waals surface area (Å²) < 4.78 is 12.9. The van der Waals surface area contributed by atoms with E-state index in [2.05, 4.69) is 0 Å². The van der Waals surface area contributed by atoms with Crippen molar-refractivity contribution >= 4 is 0 Å². The summed E-state index contributed by atoms with van der Waals surface area (Å²) in [5.41, 5.74) is 0.579. The number of aliphatic hydroxyl groups excluding tert-OH is 1. The van der Waals surface area contributed by atoms with Crippen molar-refractivity contribution in [3.05, 3.63) is 35.6 Å². The molecule has 0 aliphatic carbocycles. The Hall–Kier alpha value is -0.890. The average Bonchev–Trinajstić information content (AvgIpc) is 2.04. The first kappa shape index (κ1) is 8.21. The second-order valence-corrected chi connectivity index (χ2v) is 2.61. The molecule has 1 aromatic rings. The van der Waals surface area contributed by atoms with Crippen molar-refractivity contribution in [1.29, 1.82) is 0 Å². The molecule has 0 bridgehead atoms. The van der Waals surface area contributed by atoms with E-state index in [4.69, 9.17) is 5.11 Å². The van der Waals surface area contributed by atoms with Crippen molar-refractivity contribution in [3.63, 3.8) is 0 Å². The third-order valence-corrected chi connectivity index (χ3v) is 1.71. The molecule has 2 heteroatoms. The lowest BCUT2D eigenvalue weighted by molar-refractivity contribution is 0.270. The van der Waals surface area contributed by atoms with Crippen molar-refractivity contribution in [2.24, 2.45) is 0 Å². The largest absolute Gasteiger partial charge is 0.396 e. The molecular weight excluding hydrogens is 143 g/mol. The van der Waals surface area contributed by atoms with Crippen LogP contribution in [0, 0.1) is 5.82 Å². The molecule has 0 saturated heterocycles. The Kier molecular flexibility index (Phi) is 2.60. The van der Waals surface area contributed by atoms with Crippen LogP contribution in [0.1, 0.15) is 18.4 Å². The maximum Gasteiger partial charge on any atom is 0.126 e. The Balaban J connectivity index is 2.93. The highest BCUT2D eigenvalue weighted by atomic mass is 19.1. The van der Waals surface area contributed by atoms with Gasteiger partial charge in [-0.05, 0) is 11.6 Å². The Morgan fingerprint density at radius 3 is 2.64 bits per heavy atom. The van der Waals surface area contributed by atoms with E-state index in [0.29, 0.717) is 5.56 Å². The number of halogens is 1. The molecule has 0 aromatic heterocycles. The molecule has 0 spiro atoms. The smallest absolute Gasteiger partial charge is 0.126 e. The topological polar surface area (TPSA) is 20.2 Å². The van der Waals surface area contributed by atoms with Crippen LogP contribution in [0.15, 0.2) is 24.3 Å². The number of hydrogen-bond donors (Lipinski definition) is 1. The van der Waals surface area contributed by atoms with Gasteiger partial charge in [-0.2, -0.15) is 0 Å². The molecule has 1 rings (SSSR count). The minimum Gasteiger partial charge on any atom is -0.396 e. The van der Waals surface area contributed by atoms with Gasteiger partial charge >= 0.3 is 0 Å². The number of benzene rings is 1. The molecule has 1 N–H and O–H groups in total. The Morgan fingerprint density at radius 1 is 1.45 bits per heavy atom. The summed E-state index contributed by atoms with van der Waals surface area (Å²) in [6, 6.07) is 6.51. The zero-order chi connectivity index (χ0) is 8.27. The van der Waals surface area contributed by atoms with Crippen LogP contribution in [0.4, 0.5) is 4.39 Å². The van der Waals surface area contributed by atoms with Gasteiger partial charge in [0.05, 0.1) is 0 Å². The third kappa shape index (κ3) is 1.77. The molecule has 0 aliphatic rings. The van der Waals surface area contributed by atoms with Crippen LogP contribution in [0.3, 0.4) is 0 Å². The van der Waals surface area contributed by atoms with Crippen molar-refractivity contribution < 1.29 is 9.50 Å². The van der Waals surface area contributed by atoms with E-state index in [1.54, 1.807) is 25.1 Å². The van der Waals surface area contributed by atoms with E-state index in [-0.39, 0.29) is 18.3 Å². The lowest BCUT2D eigenvalue weighted by Gasteiger charge is -2.07. The fourth-order valence-electron chi connectivity index (χ4n) is 0.973. The van der Waals surface area contributed by atoms with E-state index in [9.17, 15) is 4.39 Å². The summed E-state index contributed by atoms with van der Waals surface area (Å²) >= 11 is 0. The molecule has 60 valence electrons. The predicted octanol–water partition coefficient (Wildman–Crippen LogP) is 1.92. The monoisotopic (exact) mass is 154 g/mol. The van der Waals surface area contributed by atoms with Gasteiger partial charge in [-0.25, -0.2) is 4.39 Å². The standard InChI is InChI=1S/C9H11FO/c1-7(6-11)8-4-2-3-5-9(8)10/h2-5,7,11H,6H2,1H3/t7-/m1/s1. The molecule has 0 radical (unpaired) electrons. The highest BCUT2D eigenvalue weighted by Gasteiger charge is 2.07. The predicted molar refractivity (Wildman–Crippen MR) is 41.9 cm³/mol. The van der Waals surface area contributed by atoms with Gasteiger partial charge in [0.25, 0.3) is 0 Å². The number of hydrogen-bond acceptors (Lipinski definition) is 1. The van der Waals surface area contributed by atoms with E-state index >= 15 is 0 Å². The quantitative estimate of drug-likeness (QED) is 0.690. The Labute approximate surface area is 65.5 Å². The van der Waals surface area contributed by atoms with Crippen molar-refractivity contribution in [2.75, 3.05) is 6.61 Å². The molecule has 0 amide bonds. The summed E-state index contributed by atoms with van der Waals surface area (Å²) in [5.74, 6) is -0.356. The first-order valence-corrected chi connectivity index (χ1v) is 3.61. The molecule has 0 saturated carbocycles. The summed E-state index contributed by atoms with van der Waals surface area (Å²) in [6.07, 6.45) is 0. The minimum atomic E-state index is -0.242. The zero-order valence-electron chi connectivity index (χ0n) is 6.42. The summed E-state index contributed by atoms with van der Waals surface area (Å²) in [5, 5.41) is 8.75. The fourth-order valence-corrected chi connectivity index (χ4v) is 0.973. The van der Waals surface area contributed by atoms with Gasteiger partial charge in [-0.15, -0.1) is 0 Å². The Morgan fingerprint density at radius 2 is 2.09 bits per heavy atom. The van der Waals surface area contributed by atoms with E-state index in [1.165, 1.54) is 6.07 Å². The highest BCUT2D eigenvalue weighted by Crippen LogP contribution is 2.17. The minimum absolute atomic E-state index is 0.0130. The summed E-state index contributed by atoms with van der Waals surface area (Å²) in [7, 11) is 0. The molecule has 0 heterocycles. The SMILES string of the molecule is C[C@H](CO)c1ccccc1F. The normalized spacial score (nSPS) is 13.0. The van der Waals surface area contributed by atoms with Crippen molar-refractivity contribution in [2.45, 2.75) is 12.8 Å². The summed E-state index contributed by atoms with van der Waals surface area (Å²) in [4.78, 5) is 0. The summed E-state index contributed by atoms with van der Waals surface area (Å²) in [6.45, 7) is 1.78. The van der Waals surface area contributed by atoms with Gasteiger partial charge in [0.15, 0.2) is 0 Å². The van der Waals surface area contributed by atoms with Crippen LogP contribution in [-0.2, 0) is 0 Å². The van der Waals surface area contributed by atoms with Crippen molar-refractivity contribution in [1.82, 2.24) is 0 Å². The van der Waals surface area contributed by atoms with Gasteiger partial charge in [-0.1, -0.05) is 25.1 Å². The lowest BCUT2D eigenvalue weighted by Crippen LogP contribution is -2.01. The molecular formula is C9H11FO. The molecule has 0 aliphatic heterocycles. The van der Waals surface area contributed by atoms with E-state index in [0.717, 1.165) is 0 Å². The van der Waals surface area contributed by atoms with Crippen LogP contribution in [0.2, 0.25) is 0 Å². The van der Waals surface area contributed by atoms with Crippen LogP contribution in [0.5, 0.6) is 0 Å². The van der Waals surface area contributed by atoms with Gasteiger partial charge in [0.1, 0.15) is 5.82 Å².